The Morgan fingerprint density at radius 2 is 1.57 bits per heavy atom. The molecule has 0 aliphatic carbocycles. The summed E-state index contributed by atoms with van der Waals surface area (Å²) in [7, 11) is 0. The summed E-state index contributed by atoms with van der Waals surface area (Å²) in [6.07, 6.45) is 2.63. The van der Waals surface area contributed by atoms with E-state index in [4.69, 9.17) is 20.3 Å². The minimum Gasteiger partial charge on any atom is -0.481 e. The van der Waals surface area contributed by atoms with Crippen LogP contribution in [-0.4, -0.2) is 59.9 Å². The molecule has 0 bridgehead atoms. The zero-order chi connectivity index (χ0) is 23.2. The largest absolute Gasteiger partial charge is 0.481 e. The summed E-state index contributed by atoms with van der Waals surface area (Å²) in [5.41, 5.74) is 4.76. The Morgan fingerprint density at radius 1 is 0.967 bits per heavy atom. The molecule has 2 atom stereocenters. The van der Waals surface area contributed by atoms with Gasteiger partial charge in [-0.1, -0.05) is 13.3 Å². The van der Waals surface area contributed by atoms with Crippen LogP contribution in [0.2, 0.25) is 0 Å². The first-order valence-corrected chi connectivity index (χ1v) is 10.4. The first kappa shape index (κ1) is 27.6. The van der Waals surface area contributed by atoms with Crippen LogP contribution < -0.4 is 16.4 Å². The van der Waals surface area contributed by atoms with Gasteiger partial charge in [-0.3, -0.25) is 4.79 Å². The number of carbonyl (C=O) groups excluding carboxylic acids is 3. The molecule has 0 radical (unpaired) electrons. The number of aliphatic carboxylic acids is 1. The summed E-state index contributed by atoms with van der Waals surface area (Å²) >= 11 is 0. The van der Waals surface area contributed by atoms with Crippen LogP contribution in [0.25, 0.3) is 0 Å². The van der Waals surface area contributed by atoms with E-state index in [-0.39, 0.29) is 19.4 Å². The number of rotatable bonds is 14. The Kier molecular flexibility index (Phi) is 13.4. The van der Waals surface area contributed by atoms with Crippen molar-refractivity contribution in [2.75, 3.05) is 13.2 Å². The summed E-state index contributed by atoms with van der Waals surface area (Å²) < 4.78 is 10.4. The van der Waals surface area contributed by atoms with E-state index in [0.29, 0.717) is 32.2 Å². The van der Waals surface area contributed by atoms with Crippen LogP contribution >= 0.6 is 0 Å². The third-order valence-electron chi connectivity index (χ3n) is 3.92. The number of nitrogens with one attached hydrogen (secondary N) is 2. The lowest BCUT2D eigenvalue weighted by Gasteiger charge is -2.25. The van der Waals surface area contributed by atoms with Gasteiger partial charge in [0.1, 0.15) is 17.7 Å². The van der Waals surface area contributed by atoms with Gasteiger partial charge in [-0.2, -0.15) is 0 Å². The fourth-order valence-electron chi connectivity index (χ4n) is 2.41. The Hall–Kier alpha value is -2.36. The Morgan fingerprint density at radius 3 is 2.07 bits per heavy atom. The number of hydrogen-bond acceptors (Lipinski definition) is 7. The molecule has 174 valence electrons. The maximum absolute atomic E-state index is 12.4. The number of unbranched alkanes of at least 4 members (excludes halogenated alkanes) is 2. The van der Waals surface area contributed by atoms with Crippen molar-refractivity contribution in [3.63, 3.8) is 0 Å². The van der Waals surface area contributed by atoms with E-state index in [1.807, 2.05) is 6.92 Å². The SMILES string of the molecule is CCCCOC(=O)C(CCC(=O)O)NC(=O)N[C@@H](CCCCN)C(=O)OC(C)(C)C. The van der Waals surface area contributed by atoms with Gasteiger partial charge in [-0.05, 0) is 59.4 Å². The zero-order valence-corrected chi connectivity index (χ0v) is 18.5. The van der Waals surface area contributed by atoms with E-state index in [2.05, 4.69) is 10.6 Å². The Balaban J connectivity index is 5.07. The van der Waals surface area contributed by atoms with Crippen molar-refractivity contribution in [2.24, 2.45) is 5.73 Å². The summed E-state index contributed by atoms with van der Waals surface area (Å²) in [6, 6.07) is -2.84. The average molecular weight is 432 g/mol. The molecule has 0 aromatic heterocycles. The van der Waals surface area contributed by atoms with Crippen LogP contribution in [0.15, 0.2) is 0 Å². The molecular weight excluding hydrogens is 394 g/mol. The third-order valence-corrected chi connectivity index (χ3v) is 3.92. The quantitative estimate of drug-likeness (QED) is 0.239. The second-order valence-corrected chi connectivity index (χ2v) is 7.99. The molecule has 0 saturated heterocycles. The normalized spacial score (nSPS) is 13.1. The van der Waals surface area contributed by atoms with Crippen LogP contribution in [0.3, 0.4) is 0 Å². The van der Waals surface area contributed by atoms with Crippen molar-refractivity contribution in [1.82, 2.24) is 10.6 Å². The molecule has 0 aromatic rings. The number of amides is 2. The first-order valence-electron chi connectivity index (χ1n) is 10.4. The highest BCUT2D eigenvalue weighted by Gasteiger charge is 2.29. The van der Waals surface area contributed by atoms with Crippen LogP contribution in [0.1, 0.15) is 72.6 Å². The number of carbonyl (C=O) groups is 4. The highest BCUT2D eigenvalue weighted by atomic mass is 16.6. The Labute approximate surface area is 178 Å². The molecule has 2 amide bonds. The van der Waals surface area contributed by atoms with Gasteiger partial charge in [0.15, 0.2) is 0 Å². The molecule has 0 aliphatic rings. The number of nitrogens with two attached hydrogens (primary N) is 1. The molecule has 0 aliphatic heterocycles. The Bertz CT molecular complexity index is 561. The van der Waals surface area contributed by atoms with Crippen LogP contribution in [0, 0.1) is 0 Å². The van der Waals surface area contributed by atoms with Gasteiger partial charge in [0.25, 0.3) is 0 Å². The molecule has 0 heterocycles. The molecule has 10 heteroatoms. The number of ether oxygens (including phenoxy) is 2. The maximum atomic E-state index is 12.4. The molecule has 10 nitrogen and oxygen atoms in total. The highest BCUT2D eigenvalue weighted by molar-refractivity contribution is 5.87. The van der Waals surface area contributed by atoms with Gasteiger partial charge in [0.2, 0.25) is 0 Å². The minimum atomic E-state index is -1.14. The number of carboxylic acid groups (broad SMARTS) is 1. The van der Waals surface area contributed by atoms with Gasteiger partial charge in [0, 0.05) is 6.42 Å². The van der Waals surface area contributed by atoms with Gasteiger partial charge in [0.05, 0.1) is 6.61 Å². The maximum Gasteiger partial charge on any atom is 0.329 e. The predicted molar refractivity (Wildman–Crippen MR) is 111 cm³/mol. The number of urea groups is 1. The molecule has 0 rings (SSSR count). The lowest BCUT2D eigenvalue weighted by molar-refractivity contribution is -0.157. The van der Waals surface area contributed by atoms with Crippen molar-refractivity contribution in [3.05, 3.63) is 0 Å². The summed E-state index contributed by atoms with van der Waals surface area (Å²) in [6.45, 7) is 7.72. The molecule has 30 heavy (non-hydrogen) atoms. The van der Waals surface area contributed by atoms with Crippen LogP contribution in [0.5, 0.6) is 0 Å². The molecule has 5 N–H and O–H groups in total. The predicted octanol–water partition coefficient (Wildman–Crippen LogP) is 1.70. The molecular formula is C20H37N3O7. The minimum absolute atomic E-state index is 0.127. The fourth-order valence-corrected chi connectivity index (χ4v) is 2.41. The molecule has 1 unspecified atom stereocenters. The summed E-state index contributed by atoms with van der Waals surface area (Å²) in [4.78, 5) is 48.0. The lowest BCUT2D eigenvalue weighted by atomic mass is 10.1. The molecule has 0 aromatic carbocycles. The van der Waals surface area contributed by atoms with E-state index in [0.717, 1.165) is 6.42 Å². The van der Waals surface area contributed by atoms with Crippen molar-refractivity contribution < 1.29 is 33.8 Å². The molecule has 0 fully saturated rings. The van der Waals surface area contributed by atoms with Gasteiger partial charge >= 0.3 is 23.9 Å². The monoisotopic (exact) mass is 431 g/mol. The van der Waals surface area contributed by atoms with E-state index in [1.54, 1.807) is 20.8 Å². The summed E-state index contributed by atoms with van der Waals surface area (Å²) in [5, 5.41) is 13.8. The zero-order valence-electron chi connectivity index (χ0n) is 18.5. The van der Waals surface area contributed by atoms with E-state index < -0.39 is 41.6 Å². The summed E-state index contributed by atoms with van der Waals surface area (Å²) in [5.74, 6) is -2.41. The second-order valence-electron chi connectivity index (χ2n) is 7.99. The molecule has 0 saturated carbocycles. The number of hydrogen-bond donors (Lipinski definition) is 4. The van der Waals surface area contributed by atoms with Gasteiger partial charge < -0.3 is 30.9 Å². The standard InChI is InChI=1S/C20H37N3O7/c1-5-6-13-29-17(26)15(10-11-16(24)25)23-19(28)22-14(9-7-8-12-21)18(27)30-20(2,3)4/h14-15H,5-13,21H2,1-4H3,(H,24,25)(H2,22,23,28)/t14-,15?/m0/s1. The van der Waals surface area contributed by atoms with Crippen molar-refractivity contribution in [1.29, 1.82) is 0 Å². The lowest BCUT2D eigenvalue weighted by Crippen LogP contribution is -2.52. The third kappa shape index (κ3) is 13.8. The van der Waals surface area contributed by atoms with Gasteiger partial charge in [-0.15, -0.1) is 0 Å². The first-order chi connectivity index (χ1) is 14.0. The van der Waals surface area contributed by atoms with Crippen LogP contribution in [0.4, 0.5) is 4.79 Å². The highest BCUT2D eigenvalue weighted by Crippen LogP contribution is 2.12. The molecule has 0 spiro atoms. The smallest absolute Gasteiger partial charge is 0.329 e. The number of carboxylic acids is 1. The van der Waals surface area contributed by atoms with Gasteiger partial charge in [-0.25, -0.2) is 14.4 Å². The van der Waals surface area contributed by atoms with Crippen molar-refractivity contribution in [2.45, 2.75) is 90.3 Å². The topological polar surface area (TPSA) is 157 Å². The van der Waals surface area contributed by atoms with Crippen molar-refractivity contribution in [3.8, 4) is 0 Å². The second kappa shape index (κ2) is 14.6. The van der Waals surface area contributed by atoms with E-state index in [1.165, 1.54) is 0 Å². The average Bonchev–Trinajstić information content (AvgIpc) is 2.62. The van der Waals surface area contributed by atoms with E-state index >= 15 is 0 Å². The number of esters is 2. The van der Waals surface area contributed by atoms with Crippen molar-refractivity contribution >= 4 is 23.9 Å². The fraction of sp³-hybridized carbons (Fsp3) is 0.800. The van der Waals surface area contributed by atoms with E-state index in [9.17, 15) is 19.2 Å². The van der Waals surface area contributed by atoms with Crippen LogP contribution in [-0.2, 0) is 23.9 Å².